The van der Waals surface area contributed by atoms with Crippen molar-refractivity contribution in [2.45, 2.75) is 12.5 Å². The smallest absolute Gasteiger partial charge is 0.162 e. The lowest BCUT2D eigenvalue weighted by Crippen LogP contribution is -2.20. The summed E-state index contributed by atoms with van der Waals surface area (Å²) in [5.74, 6) is 1.33. The third kappa shape index (κ3) is 3.04. The van der Waals surface area contributed by atoms with Crippen molar-refractivity contribution < 1.29 is 9.47 Å². The molecule has 0 aliphatic carbocycles. The number of benzene rings is 2. The molecule has 0 radical (unpaired) electrons. The Hall–Kier alpha value is -3.00. The molecule has 1 aliphatic rings. The monoisotopic (exact) mass is 321 g/mol. The van der Waals surface area contributed by atoms with E-state index in [4.69, 9.17) is 9.47 Å². The first-order valence-electron chi connectivity index (χ1n) is 7.78. The third-order valence-corrected chi connectivity index (χ3v) is 4.09. The average Bonchev–Trinajstić information content (AvgIpc) is 3.13. The van der Waals surface area contributed by atoms with Gasteiger partial charge in [-0.2, -0.15) is 10.4 Å². The molecule has 0 spiro atoms. The summed E-state index contributed by atoms with van der Waals surface area (Å²) >= 11 is 0. The van der Waals surface area contributed by atoms with Crippen LogP contribution in [0, 0.1) is 11.3 Å². The lowest BCUT2D eigenvalue weighted by atomic mass is 10.1. The summed E-state index contributed by atoms with van der Waals surface area (Å²) in [6.07, 6.45) is 0.820. The van der Waals surface area contributed by atoms with E-state index in [1.165, 1.54) is 0 Å². The van der Waals surface area contributed by atoms with Gasteiger partial charge in [0.05, 0.1) is 26.0 Å². The van der Waals surface area contributed by atoms with Crippen LogP contribution in [0.2, 0.25) is 0 Å². The van der Waals surface area contributed by atoms with Gasteiger partial charge < -0.3 is 9.47 Å². The molecule has 5 nitrogen and oxygen atoms in total. The molecular formula is C19H19N3O2. The zero-order valence-electron chi connectivity index (χ0n) is 13.8. The van der Waals surface area contributed by atoms with E-state index in [0.29, 0.717) is 18.0 Å². The maximum absolute atomic E-state index is 9.70. The van der Waals surface area contributed by atoms with Crippen LogP contribution in [0.3, 0.4) is 0 Å². The molecule has 0 amide bonds. The molecule has 0 unspecified atom stereocenters. The van der Waals surface area contributed by atoms with E-state index in [9.17, 15) is 5.26 Å². The Kier molecular flexibility index (Phi) is 4.66. The molecule has 1 heterocycles. The molecule has 0 saturated heterocycles. The molecule has 122 valence electrons. The van der Waals surface area contributed by atoms with E-state index < -0.39 is 6.04 Å². The van der Waals surface area contributed by atoms with Crippen LogP contribution in [0.25, 0.3) is 0 Å². The molecule has 1 aliphatic heterocycles. The van der Waals surface area contributed by atoms with Crippen LogP contribution in [0.1, 0.15) is 23.6 Å². The minimum Gasteiger partial charge on any atom is -0.497 e. The van der Waals surface area contributed by atoms with E-state index in [2.05, 4.69) is 11.2 Å². The van der Waals surface area contributed by atoms with Crippen molar-refractivity contribution in [1.29, 1.82) is 5.26 Å². The van der Waals surface area contributed by atoms with Crippen molar-refractivity contribution in [2.75, 3.05) is 20.8 Å². The van der Waals surface area contributed by atoms with E-state index in [0.717, 1.165) is 23.3 Å². The molecule has 1 atom stereocenters. The fourth-order valence-electron chi connectivity index (χ4n) is 2.84. The Bertz CT molecular complexity index is 781. The Morgan fingerprint density at radius 1 is 1.12 bits per heavy atom. The summed E-state index contributed by atoms with van der Waals surface area (Å²) in [6, 6.07) is 17.4. The van der Waals surface area contributed by atoms with Crippen LogP contribution < -0.4 is 9.47 Å². The molecule has 3 rings (SSSR count). The van der Waals surface area contributed by atoms with Gasteiger partial charge in [-0.25, -0.2) is 0 Å². The van der Waals surface area contributed by atoms with Crippen molar-refractivity contribution >= 4 is 5.71 Å². The lowest BCUT2D eigenvalue weighted by Gasteiger charge is -2.22. The second-order valence-electron chi connectivity index (χ2n) is 5.47. The van der Waals surface area contributed by atoms with Gasteiger partial charge in [0, 0.05) is 24.6 Å². The van der Waals surface area contributed by atoms with Crippen LogP contribution in [0.5, 0.6) is 11.5 Å². The van der Waals surface area contributed by atoms with Gasteiger partial charge in [-0.05, 0) is 17.7 Å². The second kappa shape index (κ2) is 7.05. The van der Waals surface area contributed by atoms with E-state index in [1.807, 2.05) is 47.5 Å². The molecule has 0 saturated carbocycles. The molecule has 2 aromatic rings. The van der Waals surface area contributed by atoms with Gasteiger partial charge in [0.15, 0.2) is 6.04 Å². The van der Waals surface area contributed by atoms with E-state index in [1.54, 1.807) is 20.3 Å². The van der Waals surface area contributed by atoms with Gasteiger partial charge in [-0.3, -0.25) is 5.01 Å². The number of rotatable bonds is 5. The van der Waals surface area contributed by atoms with Gasteiger partial charge in [-0.1, -0.05) is 30.3 Å². The van der Waals surface area contributed by atoms with Crippen LogP contribution >= 0.6 is 0 Å². The van der Waals surface area contributed by atoms with Crippen molar-refractivity contribution in [3.05, 3.63) is 59.7 Å². The van der Waals surface area contributed by atoms with Crippen LogP contribution in [0.4, 0.5) is 0 Å². The maximum Gasteiger partial charge on any atom is 0.162 e. The highest BCUT2D eigenvalue weighted by Gasteiger charge is 2.27. The standard InChI is InChI=1S/C19H19N3O2/c1-23-15-8-9-16(19(12-15)24-2)18(13-20)22-11-10-17(21-22)14-6-4-3-5-7-14/h3-9,12,18H,10-11H2,1-2H3/t18-/m1/s1. The second-order valence-corrected chi connectivity index (χ2v) is 5.47. The highest BCUT2D eigenvalue weighted by atomic mass is 16.5. The molecule has 0 fully saturated rings. The van der Waals surface area contributed by atoms with E-state index >= 15 is 0 Å². The Morgan fingerprint density at radius 3 is 2.58 bits per heavy atom. The first kappa shape index (κ1) is 15.9. The molecule has 24 heavy (non-hydrogen) atoms. The van der Waals surface area contributed by atoms with Crippen LogP contribution in [-0.2, 0) is 0 Å². The van der Waals surface area contributed by atoms with Crippen LogP contribution in [0.15, 0.2) is 53.6 Å². The van der Waals surface area contributed by atoms with E-state index in [-0.39, 0.29) is 0 Å². The van der Waals surface area contributed by atoms with Crippen molar-refractivity contribution in [2.24, 2.45) is 5.10 Å². The molecule has 5 heteroatoms. The largest absolute Gasteiger partial charge is 0.497 e. The number of hydrazone groups is 1. The van der Waals surface area contributed by atoms with Gasteiger partial charge in [0.1, 0.15) is 11.5 Å². The molecule has 2 aromatic carbocycles. The number of hydrogen-bond acceptors (Lipinski definition) is 5. The summed E-state index contributed by atoms with van der Waals surface area (Å²) in [7, 11) is 3.20. The van der Waals surface area contributed by atoms with Crippen molar-refractivity contribution in [3.63, 3.8) is 0 Å². The van der Waals surface area contributed by atoms with Crippen molar-refractivity contribution in [1.82, 2.24) is 5.01 Å². The molecule has 0 bridgehead atoms. The fourth-order valence-corrected chi connectivity index (χ4v) is 2.84. The zero-order valence-corrected chi connectivity index (χ0v) is 13.8. The summed E-state index contributed by atoms with van der Waals surface area (Å²) in [5.41, 5.74) is 2.89. The average molecular weight is 321 g/mol. The Labute approximate surface area is 141 Å². The van der Waals surface area contributed by atoms with Gasteiger partial charge in [0.2, 0.25) is 0 Å². The Morgan fingerprint density at radius 2 is 1.92 bits per heavy atom. The van der Waals surface area contributed by atoms with Crippen LogP contribution in [-0.4, -0.2) is 31.5 Å². The summed E-state index contributed by atoms with van der Waals surface area (Å²) in [6.45, 7) is 0.706. The van der Waals surface area contributed by atoms with Gasteiger partial charge >= 0.3 is 0 Å². The number of hydrogen-bond donors (Lipinski definition) is 0. The zero-order chi connectivity index (χ0) is 16.9. The number of nitriles is 1. The third-order valence-electron chi connectivity index (χ3n) is 4.09. The first-order chi connectivity index (χ1) is 11.8. The topological polar surface area (TPSA) is 57.8 Å². The SMILES string of the molecule is COc1ccc([C@@H](C#N)N2CCC(c3ccccc3)=N2)c(OC)c1. The predicted octanol–water partition coefficient (Wildman–Crippen LogP) is 3.38. The fraction of sp³-hybridized carbons (Fsp3) is 0.263. The molecular weight excluding hydrogens is 302 g/mol. The minimum atomic E-state index is -0.493. The number of nitrogens with zero attached hydrogens (tertiary/aromatic N) is 3. The highest BCUT2D eigenvalue weighted by Crippen LogP contribution is 2.34. The predicted molar refractivity (Wildman–Crippen MR) is 92.2 cm³/mol. The summed E-state index contributed by atoms with van der Waals surface area (Å²) < 4.78 is 10.7. The van der Waals surface area contributed by atoms with Gasteiger partial charge in [-0.15, -0.1) is 0 Å². The summed E-state index contributed by atoms with van der Waals surface area (Å²) in [5, 5.41) is 16.2. The maximum atomic E-state index is 9.70. The van der Waals surface area contributed by atoms with Gasteiger partial charge in [0.25, 0.3) is 0 Å². The first-order valence-corrected chi connectivity index (χ1v) is 7.78. The van der Waals surface area contributed by atoms with Crippen molar-refractivity contribution in [3.8, 4) is 17.6 Å². The number of methoxy groups -OCH3 is 2. The molecule has 0 aromatic heterocycles. The lowest BCUT2D eigenvalue weighted by molar-refractivity contribution is 0.267. The number of ether oxygens (including phenoxy) is 2. The molecule has 0 N–H and O–H groups in total. The normalized spacial score (nSPS) is 14.7. The minimum absolute atomic E-state index is 0.493. The quantitative estimate of drug-likeness (QED) is 0.847. The highest BCUT2D eigenvalue weighted by molar-refractivity contribution is 6.01. The Balaban J connectivity index is 1.91. The summed E-state index contributed by atoms with van der Waals surface area (Å²) in [4.78, 5) is 0.